The summed E-state index contributed by atoms with van der Waals surface area (Å²) in [6, 6.07) is 34.0. The number of β-amino-alcohol motifs (C(OH)–C–C–N with tert-alkyl or cyclic N) is 1. The number of aliphatic hydroxyl groups excluding tert-OH is 1. The molecular weight excluding hydrogens is 1010 g/mol. The van der Waals surface area contributed by atoms with E-state index in [2.05, 4.69) is 76.1 Å². The maximum absolute atomic E-state index is 10.4. The first kappa shape index (κ1) is 51.9. The molecule has 3 aromatic carbocycles. The van der Waals surface area contributed by atoms with Crippen molar-refractivity contribution in [2.45, 2.75) is 25.3 Å². The van der Waals surface area contributed by atoms with E-state index < -0.39 is 0 Å². The summed E-state index contributed by atoms with van der Waals surface area (Å²) < 4.78 is 5.10. The van der Waals surface area contributed by atoms with E-state index in [0.29, 0.717) is 57.7 Å². The van der Waals surface area contributed by atoms with Crippen LogP contribution in [0.25, 0.3) is 50.8 Å². The van der Waals surface area contributed by atoms with Crippen LogP contribution in [0.4, 0.5) is 17.5 Å². The summed E-state index contributed by atoms with van der Waals surface area (Å²) in [5, 5.41) is 85.9. The lowest BCUT2D eigenvalue weighted by Gasteiger charge is -2.48. The third-order valence-electron chi connectivity index (χ3n) is 15.8. The molecule has 2 bridgehead atoms. The molecule has 22 heteroatoms. The summed E-state index contributed by atoms with van der Waals surface area (Å²) >= 11 is 0. The number of nitrogens with zero attached hydrogens (tertiary/aromatic N) is 16. The lowest BCUT2D eigenvalue weighted by Crippen LogP contribution is -2.58. The Morgan fingerprint density at radius 1 is 0.500 bits per heavy atom. The zero-order valence-corrected chi connectivity index (χ0v) is 44.3. The fraction of sp³-hybridized carbons (Fsp3) is 0.328. The van der Waals surface area contributed by atoms with Crippen LogP contribution in [0.3, 0.4) is 0 Å². The van der Waals surface area contributed by atoms with E-state index in [9.17, 15) is 15.3 Å². The van der Waals surface area contributed by atoms with Crippen LogP contribution in [-0.2, 0) is 0 Å². The molecule has 0 saturated carbocycles. The Morgan fingerprint density at radius 2 is 0.950 bits per heavy atom. The van der Waals surface area contributed by atoms with Crippen molar-refractivity contribution in [3.63, 3.8) is 0 Å². The summed E-state index contributed by atoms with van der Waals surface area (Å²) in [6.07, 6.45) is 14.3. The number of phenols is 3. The Balaban J connectivity index is 0.000000119. The summed E-state index contributed by atoms with van der Waals surface area (Å²) in [5.41, 5.74) is 6.84. The quantitative estimate of drug-likeness (QED) is 0.0973. The summed E-state index contributed by atoms with van der Waals surface area (Å²) in [5.74, 6) is 3.82. The molecule has 9 aromatic rings. The number of anilines is 3. The fourth-order valence-electron chi connectivity index (χ4n) is 11.2. The topological polar surface area (TPSA) is 249 Å². The summed E-state index contributed by atoms with van der Waals surface area (Å²) in [7, 11) is 0. The zero-order chi connectivity index (χ0) is 54.4. The van der Waals surface area contributed by atoms with Gasteiger partial charge in [0.05, 0.1) is 40.8 Å². The van der Waals surface area contributed by atoms with Gasteiger partial charge in [0.15, 0.2) is 17.5 Å². The van der Waals surface area contributed by atoms with E-state index in [1.807, 2.05) is 110 Å². The summed E-state index contributed by atoms with van der Waals surface area (Å²) in [6.45, 7) is 11.9. The number of piperazine rings is 1. The van der Waals surface area contributed by atoms with Crippen molar-refractivity contribution in [1.82, 2.24) is 75.5 Å². The van der Waals surface area contributed by atoms with Crippen LogP contribution in [-0.4, -0.2) is 176 Å². The number of aromatic nitrogens is 12. The Labute approximate surface area is 462 Å². The lowest BCUT2D eigenvalue weighted by atomic mass is 9.73. The van der Waals surface area contributed by atoms with Crippen LogP contribution < -0.4 is 25.3 Å². The molecule has 6 aromatic heterocycles. The van der Waals surface area contributed by atoms with Gasteiger partial charge in [-0.2, -0.15) is 15.3 Å². The van der Waals surface area contributed by atoms with Gasteiger partial charge in [-0.25, -0.2) is 14.0 Å². The van der Waals surface area contributed by atoms with Crippen molar-refractivity contribution in [3.8, 4) is 68.1 Å². The number of aliphatic hydroxyl groups is 1. The van der Waals surface area contributed by atoms with Crippen LogP contribution in [0.5, 0.6) is 17.2 Å². The first-order chi connectivity index (χ1) is 39.2. The Morgan fingerprint density at radius 3 is 1.31 bits per heavy atom. The number of hydrogen-bond acceptors (Lipinski definition) is 19. The molecule has 0 radical (unpaired) electrons. The summed E-state index contributed by atoms with van der Waals surface area (Å²) in [4.78, 5) is 9.03. The van der Waals surface area contributed by atoms with E-state index >= 15 is 0 Å². The average Bonchev–Trinajstić information content (AvgIpc) is 4.44. The highest BCUT2D eigenvalue weighted by molar-refractivity contribution is 5.71. The minimum atomic E-state index is 0.141. The van der Waals surface area contributed by atoms with Gasteiger partial charge in [0.2, 0.25) is 0 Å². The van der Waals surface area contributed by atoms with E-state index in [0.717, 1.165) is 107 Å². The molecule has 0 aliphatic carbocycles. The molecule has 2 unspecified atom stereocenters. The van der Waals surface area contributed by atoms with Crippen molar-refractivity contribution >= 4 is 17.5 Å². The Bertz CT molecular complexity index is 3420. The van der Waals surface area contributed by atoms with E-state index in [-0.39, 0.29) is 23.9 Å². The van der Waals surface area contributed by atoms with E-state index in [1.54, 1.807) is 50.8 Å². The lowest BCUT2D eigenvalue weighted by molar-refractivity contribution is 0.126. The van der Waals surface area contributed by atoms with Gasteiger partial charge in [0.1, 0.15) is 17.2 Å². The molecule has 5 aliphatic heterocycles. The molecular formula is C58H64N18O4. The second-order valence-corrected chi connectivity index (χ2v) is 21.0. The van der Waals surface area contributed by atoms with E-state index in [1.165, 1.54) is 19.3 Å². The smallest absolute Gasteiger partial charge is 0.151 e. The highest BCUT2D eigenvalue weighted by Gasteiger charge is 2.40. The van der Waals surface area contributed by atoms with Crippen molar-refractivity contribution in [1.29, 1.82) is 0 Å². The van der Waals surface area contributed by atoms with Crippen LogP contribution in [0.2, 0.25) is 0 Å². The molecule has 22 nitrogen and oxygen atoms in total. The second kappa shape index (κ2) is 23.2. The molecule has 410 valence electrons. The second-order valence-electron chi connectivity index (χ2n) is 21.0. The van der Waals surface area contributed by atoms with Crippen LogP contribution in [0.1, 0.15) is 19.3 Å². The molecule has 5 aliphatic rings. The molecule has 1 spiro atoms. The number of nitrogens with one attached hydrogen (secondary N) is 2. The van der Waals surface area contributed by atoms with Gasteiger partial charge in [-0.15, -0.1) is 30.6 Å². The minimum Gasteiger partial charge on any atom is -0.507 e. The van der Waals surface area contributed by atoms with Crippen molar-refractivity contribution < 1.29 is 20.4 Å². The number of aromatic hydroxyl groups is 3. The van der Waals surface area contributed by atoms with Crippen LogP contribution in [0, 0.1) is 11.3 Å². The van der Waals surface area contributed by atoms with Gasteiger partial charge in [-0.3, -0.25) is 4.90 Å². The van der Waals surface area contributed by atoms with Crippen molar-refractivity contribution in [2.24, 2.45) is 11.3 Å². The molecule has 5 saturated heterocycles. The van der Waals surface area contributed by atoms with Gasteiger partial charge < -0.3 is 45.8 Å². The maximum Gasteiger partial charge on any atom is 0.151 e. The molecule has 2 atom stereocenters. The fourth-order valence-corrected chi connectivity index (χ4v) is 11.2. The van der Waals surface area contributed by atoms with Gasteiger partial charge in [0.25, 0.3) is 0 Å². The number of hydrogen-bond donors (Lipinski definition) is 6. The van der Waals surface area contributed by atoms with E-state index in [4.69, 9.17) is 5.11 Å². The van der Waals surface area contributed by atoms with Crippen molar-refractivity contribution in [3.05, 3.63) is 146 Å². The molecule has 14 rings (SSSR count). The number of fused-ring (bicyclic) bond motifs is 2. The number of piperidine rings is 2. The molecule has 5 fully saturated rings. The Hall–Kier alpha value is -8.83. The van der Waals surface area contributed by atoms with Gasteiger partial charge in [0, 0.05) is 157 Å². The number of phenolic OH excluding ortho intramolecular Hbond substituents is 3. The number of benzene rings is 3. The molecule has 11 heterocycles. The van der Waals surface area contributed by atoms with Crippen molar-refractivity contribution in [2.75, 3.05) is 99.8 Å². The highest BCUT2D eigenvalue weighted by Crippen LogP contribution is 2.37. The third kappa shape index (κ3) is 11.5. The average molecular weight is 1080 g/mol. The first-order valence-electron chi connectivity index (χ1n) is 27.3. The molecule has 6 N–H and O–H groups in total. The van der Waals surface area contributed by atoms with Crippen LogP contribution in [0.15, 0.2) is 146 Å². The van der Waals surface area contributed by atoms with Gasteiger partial charge >= 0.3 is 0 Å². The normalized spacial score (nSPS) is 18.5. The third-order valence-corrected chi connectivity index (χ3v) is 15.8. The maximum atomic E-state index is 10.4. The minimum absolute atomic E-state index is 0.141. The molecule has 0 amide bonds. The predicted molar refractivity (Wildman–Crippen MR) is 303 cm³/mol. The SMILES string of the molecule is OCCN1CCN(c2ccc(-c3ccc(-n4cccn4)cc3O)nn2)CC1.Oc1cc(-n2cccn2)ccc1-c1ccc(N2CC3CNC(C3)C2)nn1.Oc1cc(-n2cccn2)ccc1-c1ccc(N2CCC3(CC2)CNC3)nn1. The largest absolute Gasteiger partial charge is 0.507 e. The number of rotatable bonds is 11. The monoisotopic (exact) mass is 1080 g/mol. The first-order valence-corrected chi connectivity index (χ1v) is 27.3. The standard InChI is InChI=1S/C20H22N6O.C19H22N6O2.C19H20N6O/c27-18-12-15(26-9-1-8-22-26)2-3-16(18)17-4-5-19(24-23-17)25-10-6-20(7-11-25)13-21-14-20;26-13-12-23-8-10-24(11-9-23)19-5-4-17(21-22-19)16-3-2-15(14-18(16)27)25-7-1-6-20-25;26-18-9-15(25-7-1-6-21-25)2-3-16(18)17-4-5-19(23-22-17)24-11-13-8-14(12-24)20-10-13/h1-5,8-9,12,21,27H,6-7,10-11,13-14H2;1-7,14,26-27H,8-13H2;1-7,9,13-14,20,26H,8,10-12H2. The van der Waals surface area contributed by atoms with Gasteiger partial charge in [-0.1, -0.05) is 0 Å². The van der Waals surface area contributed by atoms with Crippen LogP contribution >= 0.6 is 0 Å². The molecule has 80 heavy (non-hydrogen) atoms. The Kier molecular flexibility index (Phi) is 15.1. The van der Waals surface area contributed by atoms with Gasteiger partial charge in [-0.05, 0) is 122 Å². The predicted octanol–water partition coefficient (Wildman–Crippen LogP) is 5.21. The highest BCUT2D eigenvalue weighted by atomic mass is 16.3. The zero-order valence-electron chi connectivity index (χ0n) is 44.3.